The normalized spacial score (nSPS) is 19.0. The van der Waals surface area contributed by atoms with E-state index in [9.17, 15) is 10.1 Å². The van der Waals surface area contributed by atoms with Crippen LogP contribution in [-0.4, -0.2) is 79.9 Å². The number of nitrogens with zero attached hydrogens (tertiary/aromatic N) is 2. The van der Waals surface area contributed by atoms with E-state index in [1.807, 2.05) is 103 Å². The zero-order chi connectivity index (χ0) is 40.0. The van der Waals surface area contributed by atoms with E-state index in [2.05, 4.69) is 65.3 Å². The maximum atomic E-state index is 12.8. The van der Waals surface area contributed by atoms with Crippen molar-refractivity contribution in [3.8, 4) is 11.8 Å². The van der Waals surface area contributed by atoms with Crippen molar-refractivity contribution in [1.82, 2.24) is 4.90 Å². The predicted octanol–water partition coefficient (Wildman–Crippen LogP) is 7.53. The molecule has 0 aromatic heterocycles. The van der Waals surface area contributed by atoms with Crippen LogP contribution >= 0.6 is 0 Å². The molecule has 0 saturated carbocycles. The van der Waals surface area contributed by atoms with E-state index in [0.29, 0.717) is 26.4 Å². The largest absolute Gasteiger partial charge is 0.378 e. The quantitative estimate of drug-likeness (QED) is 0.0305. The molecule has 58 heavy (non-hydrogen) atoms. The van der Waals surface area contributed by atoms with Crippen LogP contribution in [0.2, 0.25) is 0 Å². The van der Waals surface area contributed by atoms with Crippen molar-refractivity contribution < 1.29 is 33.3 Å². The second kappa shape index (κ2) is 23.9. The number of benzene rings is 5. The van der Waals surface area contributed by atoms with Crippen molar-refractivity contribution in [3.63, 3.8) is 0 Å². The summed E-state index contributed by atoms with van der Waals surface area (Å²) in [4.78, 5) is 14.8. The summed E-state index contributed by atoms with van der Waals surface area (Å²) in [6.45, 7) is 4.52. The van der Waals surface area contributed by atoms with E-state index in [1.54, 1.807) is 0 Å². The highest BCUT2D eigenvalue weighted by molar-refractivity contribution is 5.19. The molecule has 5 aromatic rings. The fourth-order valence-corrected chi connectivity index (χ4v) is 6.78. The van der Waals surface area contributed by atoms with Gasteiger partial charge in [-0.25, -0.2) is 0 Å². The first-order valence-corrected chi connectivity index (χ1v) is 19.8. The molecule has 302 valence electrons. The van der Waals surface area contributed by atoms with Gasteiger partial charge in [0.05, 0.1) is 46.2 Å². The zero-order valence-electron chi connectivity index (χ0n) is 32.8. The lowest BCUT2D eigenvalue weighted by atomic mass is 9.92. The smallest absolute Gasteiger partial charge is 0.278 e. The van der Waals surface area contributed by atoms with E-state index in [4.69, 9.17) is 28.4 Å². The van der Waals surface area contributed by atoms with Gasteiger partial charge >= 0.3 is 0 Å². The maximum absolute atomic E-state index is 12.8. The Morgan fingerprint density at radius 2 is 1.03 bits per heavy atom. The van der Waals surface area contributed by atoms with Gasteiger partial charge in [-0.15, -0.1) is 0 Å². The third-order valence-corrected chi connectivity index (χ3v) is 9.71. The molecule has 0 spiro atoms. The fraction of sp³-hybridized carbons (Fsp3) is 0.333. The van der Waals surface area contributed by atoms with E-state index in [-0.39, 0.29) is 31.4 Å². The van der Waals surface area contributed by atoms with E-state index < -0.39 is 30.5 Å². The molecule has 5 aromatic carbocycles. The Morgan fingerprint density at radius 3 is 1.55 bits per heavy atom. The highest BCUT2D eigenvalue weighted by Gasteiger charge is 2.53. The van der Waals surface area contributed by atoms with Crippen LogP contribution in [0.5, 0.6) is 0 Å². The van der Waals surface area contributed by atoms with Crippen LogP contribution in [0.25, 0.3) is 0 Å². The standard InChI is InChI=1S/C48H52N2O8/c51-50(52)46-44(27-16-29-53-31-32-54-30-28-49(33-39-17-6-1-7-18-39)34-40-19-8-2-9-20-40)58-45(38-55-35-41-21-10-3-11-22-41)47(56-36-42-23-12-4-13-24-42)48(46)57-37-43-25-14-5-15-26-43/h1-15,17-26,44-48H,28-38H2/t44-,45+,46-,47-,48+/m0/s1. The van der Waals surface area contributed by atoms with Crippen LogP contribution in [0.15, 0.2) is 152 Å². The maximum Gasteiger partial charge on any atom is 0.278 e. The highest BCUT2D eigenvalue weighted by atomic mass is 16.7. The van der Waals surface area contributed by atoms with Gasteiger partial charge in [0.1, 0.15) is 18.8 Å². The van der Waals surface area contributed by atoms with Crippen LogP contribution < -0.4 is 0 Å². The summed E-state index contributed by atoms with van der Waals surface area (Å²) in [7, 11) is 0. The van der Waals surface area contributed by atoms with Crippen LogP contribution in [0.3, 0.4) is 0 Å². The summed E-state index contributed by atoms with van der Waals surface area (Å²) >= 11 is 0. The second-order valence-corrected chi connectivity index (χ2v) is 14.1. The molecule has 5 atom stereocenters. The molecule has 1 aliphatic rings. The molecule has 0 radical (unpaired) electrons. The first-order chi connectivity index (χ1) is 28.6. The van der Waals surface area contributed by atoms with Crippen LogP contribution in [-0.2, 0) is 61.3 Å². The molecule has 1 fully saturated rings. The van der Waals surface area contributed by atoms with Crippen LogP contribution in [0, 0.1) is 22.0 Å². The van der Waals surface area contributed by atoms with Gasteiger partial charge in [-0.3, -0.25) is 15.0 Å². The predicted molar refractivity (Wildman–Crippen MR) is 222 cm³/mol. The van der Waals surface area contributed by atoms with Gasteiger partial charge in [0.25, 0.3) is 6.04 Å². The van der Waals surface area contributed by atoms with Crippen LogP contribution in [0.1, 0.15) is 27.8 Å². The summed E-state index contributed by atoms with van der Waals surface area (Å²) in [6.07, 6.45) is -3.62. The molecule has 0 unspecified atom stereocenters. The molecular weight excluding hydrogens is 733 g/mol. The lowest BCUT2D eigenvalue weighted by Crippen LogP contribution is -2.62. The Hall–Kier alpha value is -5.22. The summed E-state index contributed by atoms with van der Waals surface area (Å²) in [6, 6.07) is 48.5. The Kier molecular flexibility index (Phi) is 17.4. The zero-order valence-corrected chi connectivity index (χ0v) is 32.8. The SMILES string of the molecule is O=[N+]([O-])[C@@H]1[C@@H](OCc2ccccc2)[C@@H](OCc2ccccc2)[C@@H](COCc2ccccc2)O[C@H]1C#CCOCCOCCN(Cc1ccccc1)Cc1ccccc1. The molecule has 10 heteroatoms. The molecule has 0 N–H and O–H groups in total. The first kappa shape index (κ1) is 42.4. The second-order valence-electron chi connectivity index (χ2n) is 14.1. The van der Waals surface area contributed by atoms with Crippen molar-refractivity contribution in [2.75, 3.05) is 39.6 Å². The highest BCUT2D eigenvalue weighted by Crippen LogP contribution is 2.30. The van der Waals surface area contributed by atoms with Gasteiger partial charge in [0.15, 0.2) is 12.2 Å². The lowest BCUT2D eigenvalue weighted by Gasteiger charge is -2.41. The molecule has 10 nitrogen and oxygen atoms in total. The molecule has 6 rings (SSSR count). The van der Waals surface area contributed by atoms with E-state index in [1.165, 1.54) is 11.1 Å². The fourth-order valence-electron chi connectivity index (χ4n) is 6.78. The Labute approximate surface area is 341 Å². The van der Waals surface area contributed by atoms with Gasteiger partial charge < -0.3 is 28.4 Å². The van der Waals surface area contributed by atoms with Gasteiger partial charge in [-0.1, -0.05) is 164 Å². The third-order valence-electron chi connectivity index (χ3n) is 9.71. The van der Waals surface area contributed by atoms with E-state index >= 15 is 0 Å². The Balaban J connectivity index is 1.07. The van der Waals surface area contributed by atoms with Gasteiger partial charge in [-0.05, 0) is 27.8 Å². The topological polar surface area (TPSA) is 102 Å². The number of nitro groups is 1. The number of ether oxygens (including phenoxy) is 6. The minimum Gasteiger partial charge on any atom is -0.378 e. The lowest BCUT2D eigenvalue weighted by molar-refractivity contribution is -0.557. The average Bonchev–Trinajstić information content (AvgIpc) is 3.26. The molecular formula is C48H52N2O8. The van der Waals surface area contributed by atoms with Gasteiger partial charge in [0, 0.05) is 24.6 Å². The third kappa shape index (κ3) is 14.0. The number of hydrogen-bond acceptors (Lipinski definition) is 9. The summed E-state index contributed by atoms with van der Waals surface area (Å²) in [5.74, 6) is 5.97. The van der Waals surface area contributed by atoms with Crippen molar-refractivity contribution in [2.24, 2.45) is 0 Å². The van der Waals surface area contributed by atoms with Gasteiger partial charge in [0.2, 0.25) is 0 Å². The Bertz CT molecular complexity index is 1900. The van der Waals surface area contributed by atoms with Crippen molar-refractivity contribution in [2.45, 2.75) is 63.4 Å². The summed E-state index contributed by atoms with van der Waals surface area (Å²) in [5, 5.41) is 12.8. The van der Waals surface area contributed by atoms with Crippen molar-refractivity contribution >= 4 is 0 Å². The van der Waals surface area contributed by atoms with Crippen LogP contribution in [0.4, 0.5) is 0 Å². The van der Waals surface area contributed by atoms with E-state index in [0.717, 1.165) is 36.3 Å². The van der Waals surface area contributed by atoms with Crippen molar-refractivity contribution in [1.29, 1.82) is 0 Å². The van der Waals surface area contributed by atoms with Gasteiger partial charge in [-0.2, -0.15) is 0 Å². The number of rotatable bonds is 22. The summed E-state index contributed by atoms with van der Waals surface area (Å²) in [5.41, 5.74) is 5.29. The molecule has 0 bridgehead atoms. The Morgan fingerprint density at radius 1 is 0.569 bits per heavy atom. The first-order valence-electron chi connectivity index (χ1n) is 19.8. The molecule has 1 saturated heterocycles. The number of hydrogen-bond donors (Lipinski definition) is 0. The average molecular weight is 785 g/mol. The summed E-state index contributed by atoms with van der Waals surface area (Å²) < 4.78 is 37.1. The minimum atomic E-state index is -1.33. The van der Waals surface area contributed by atoms with Crippen molar-refractivity contribution in [3.05, 3.63) is 190 Å². The molecule has 1 aliphatic heterocycles. The molecule has 0 aliphatic carbocycles. The molecule has 0 amide bonds. The molecule has 1 heterocycles. The monoisotopic (exact) mass is 784 g/mol. The minimum absolute atomic E-state index is 0.0560.